The molecule has 11 heteroatoms. The average molecular weight is 640 g/mol. The van der Waals surface area contributed by atoms with Gasteiger partial charge in [-0.15, -0.1) is 0 Å². The molecular formula is C35H50FN5O5. The molecule has 2 amide bonds. The number of ether oxygens (including phenoxy) is 2. The molecule has 3 aliphatic rings. The van der Waals surface area contributed by atoms with Gasteiger partial charge in [-0.3, -0.25) is 19.6 Å². The molecule has 0 bridgehead atoms. The van der Waals surface area contributed by atoms with Crippen LogP contribution in [0.4, 0.5) is 14.9 Å². The number of pyridine rings is 1. The lowest BCUT2D eigenvalue weighted by molar-refractivity contribution is -0.122. The Morgan fingerprint density at radius 3 is 2.35 bits per heavy atom. The number of amides is 2. The highest BCUT2D eigenvalue weighted by Gasteiger charge is 2.43. The van der Waals surface area contributed by atoms with Gasteiger partial charge in [-0.2, -0.15) is 0 Å². The molecule has 252 valence electrons. The molecule has 4 heterocycles. The number of rotatable bonds is 6. The predicted molar refractivity (Wildman–Crippen MR) is 174 cm³/mol. The van der Waals surface area contributed by atoms with E-state index < -0.39 is 11.7 Å². The van der Waals surface area contributed by atoms with Gasteiger partial charge < -0.3 is 24.4 Å². The highest BCUT2D eigenvalue weighted by atomic mass is 19.1. The molecule has 0 saturated carbocycles. The van der Waals surface area contributed by atoms with Crippen LogP contribution in [0.3, 0.4) is 0 Å². The quantitative estimate of drug-likeness (QED) is 0.499. The van der Waals surface area contributed by atoms with Crippen LogP contribution in [0, 0.1) is 5.82 Å². The van der Waals surface area contributed by atoms with Crippen LogP contribution >= 0.6 is 0 Å². The maximum atomic E-state index is 14.2. The minimum atomic E-state index is -1.01. The molecule has 0 aliphatic carbocycles. The fourth-order valence-electron chi connectivity index (χ4n) is 6.91. The maximum absolute atomic E-state index is 14.2. The highest BCUT2D eigenvalue weighted by Crippen LogP contribution is 2.41. The van der Waals surface area contributed by atoms with Crippen LogP contribution in [0.5, 0.6) is 0 Å². The zero-order valence-corrected chi connectivity index (χ0v) is 28.5. The van der Waals surface area contributed by atoms with Gasteiger partial charge in [0.1, 0.15) is 17.5 Å². The molecule has 5 rings (SSSR count). The summed E-state index contributed by atoms with van der Waals surface area (Å²) in [6.07, 6.45) is 0.288. The molecule has 2 saturated heterocycles. The van der Waals surface area contributed by atoms with Gasteiger partial charge in [-0.05, 0) is 65.3 Å². The number of hydrogen-bond donors (Lipinski definition) is 1. The van der Waals surface area contributed by atoms with Crippen LogP contribution < -0.4 is 4.90 Å². The van der Waals surface area contributed by atoms with Crippen molar-refractivity contribution in [2.75, 3.05) is 50.8 Å². The largest absolute Gasteiger partial charge is 0.444 e. The number of halogens is 1. The summed E-state index contributed by atoms with van der Waals surface area (Å²) >= 11 is 0. The van der Waals surface area contributed by atoms with Gasteiger partial charge in [-0.1, -0.05) is 26.0 Å². The van der Waals surface area contributed by atoms with Crippen molar-refractivity contribution in [3.63, 3.8) is 0 Å². The molecule has 46 heavy (non-hydrogen) atoms. The van der Waals surface area contributed by atoms with Crippen molar-refractivity contribution in [2.45, 2.75) is 96.7 Å². The molecule has 5 atom stereocenters. The first-order valence-electron chi connectivity index (χ1n) is 16.4. The van der Waals surface area contributed by atoms with Gasteiger partial charge in [0.2, 0.25) is 5.91 Å². The Morgan fingerprint density at radius 1 is 1.07 bits per heavy atom. The normalized spacial score (nSPS) is 26.1. The van der Waals surface area contributed by atoms with Gasteiger partial charge in [-0.25, -0.2) is 9.18 Å². The molecule has 2 fully saturated rings. The Morgan fingerprint density at radius 2 is 1.72 bits per heavy atom. The lowest BCUT2D eigenvalue weighted by Crippen LogP contribution is -2.65. The van der Waals surface area contributed by atoms with Gasteiger partial charge >= 0.3 is 6.09 Å². The molecule has 0 radical (unpaired) electrons. The second-order valence-electron chi connectivity index (χ2n) is 15.0. The number of carbonyl (C=O) groups is 2. The number of aromatic nitrogens is 1. The van der Waals surface area contributed by atoms with Crippen LogP contribution in [0.15, 0.2) is 36.5 Å². The Bertz CT molecular complexity index is 1400. The number of aliphatic hydroxyl groups is 1. The third-order valence-corrected chi connectivity index (χ3v) is 9.37. The Hall–Kier alpha value is -3.12. The third-order valence-electron chi connectivity index (χ3n) is 9.37. The molecule has 0 spiro atoms. The smallest absolute Gasteiger partial charge is 0.410 e. The predicted octanol–water partition coefficient (Wildman–Crippen LogP) is 4.35. The third kappa shape index (κ3) is 7.38. The number of benzene rings is 1. The standard InChI is InChI=1S/C35H50FN5O5/c1-22-15-38(28(16-39-23(2)19-45-20-24(39)3)17-40(22)33(44)46-34(4,5)6)18-30(42)41-21-35(7,8)32-29(41)13-26(14-37-32)31(43)25-9-11-27(36)12-10-25/h9-14,22-24,28,31,43H,15-21H2,1-8H3/t22-,23-,24-,28+,31+/m1/s1. The van der Waals surface area contributed by atoms with Crippen LogP contribution in [0.2, 0.25) is 0 Å². The SMILES string of the molecule is C[C@@H]1CN(CC(=O)N2CC(C)(C)c3ncc([C@@H](O)c4ccc(F)cc4)cc32)[C@@H](CN2[C@H](C)COC[C@H]2C)CN1C(=O)OC(C)(C)C. The summed E-state index contributed by atoms with van der Waals surface area (Å²) in [5.74, 6) is -0.438. The van der Waals surface area contributed by atoms with E-state index >= 15 is 0 Å². The molecule has 3 aliphatic heterocycles. The van der Waals surface area contributed by atoms with E-state index in [0.717, 1.165) is 5.69 Å². The first-order chi connectivity index (χ1) is 21.5. The van der Waals surface area contributed by atoms with E-state index in [2.05, 4.69) is 37.5 Å². The van der Waals surface area contributed by atoms with Crippen molar-refractivity contribution in [1.29, 1.82) is 0 Å². The summed E-state index contributed by atoms with van der Waals surface area (Å²) in [6.45, 7) is 19.6. The summed E-state index contributed by atoms with van der Waals surface area (Å²) in [7, 11) is 0. The Balaban J connectivity index is 1.39. The van der Waals surface area contributed by atoms with Crippen LogP contribution in [0.25, 0.3) is 0 Å². The highest BCUT2D eigenvalue weighted by molar-refractivity contribution is 5.97. The van der Waals surface area contributed by atoms with Crippen molar-refractivity contribution >= 4 is 17.7 Å². The zero-order valence-electron chi connectivity index (χ0n) is 28.5. The second kappa shape index (κ2) is 13.2. The van der Waals surface area contributed by atoms with Gasteiger partial charge in [0, 0.05) is 67.5 Å². The van der Waals surface area contributed by atoms with Gasteiger partial charge in [0.05, 0.1) is 31.1 Å². The van der Waals surface area contributed by atoms with E-state index in [0.29, 0.717) is 56.2 Å². The van der Waals surface area contributed by atoms with Crippen molar-refractivity contribution < 1.29 is 28.6 Å². The van der Waals surface area contributed by atoms with Crippen molar-refractivity contribution in [3.05, 3.63) is 59.2 Å². The number of aliphatic hydroxyl groups excluding tert-OH is 1. The van der Waals surface area contributed by atoms with Crippen LogP contribution in [-0.4, -0.2) is 112 Å². The van der Waals surface area contributed by atoms with E-state index in [1.54, 1.807) is 28.1 Å². The van der Waals surface area contributed by atoms with Crippen LogP contribution in [-0.2, 0) is 19.7 Å². The number of anilines is 1. The molecule has 1 aromatic heterocycles. The monoisotopic (exact) mass is 639 g/mol. The first-order valence-corrected chi connectivity index (χ1v) is 16.4. The molecular weight excluding hydrogens is 589 g/mol. The topological polar surface area (TPSA) is 98.7 Å². The molecule has 10 nitrogen and oxygen atoms in total. The molecule has 1 N–H and O–H groups in total. The second-order valence-corrected chi connectivity index (χ2v) is 15.0. The Labute approximate surface area is 272 Å². The van der Waals surface area contributed by atoms with Crippen molar-refractivity contribution in [3.8, 4) is 0 Å². The number of hydrogen-bond acceptors (Lipinski definition) is 8. The summed E-state index contributed by atoms with van der Waals surface area (Å²) in [4.78, 5) is 40.4. The van der Waals surface area contributed by atoms with Gasteiger partial charge in [0.15, 0.2) is 0 Å². The van der Waals surface area contributed by atoms with E-state index in [1.165, 1.54) is 12.1 Å². The number of fused-ring (bicyclic) bond motifs is 1. The Kier molecular flexibility index (Phi) is 9.80. The summed E-state index contributed by atoms with van der Waals surface area (Å²) < 4.78 is 25.1. The van der Waals surface area contributed by atoms with Crippen LogP contribution in [0.1, 0.15) is 78.3 Å². The first kappa shape index (κ1) is 34.2. The fourth-order valence-corrected chi connectivity index (χ4v) is 6.91. The molecule has 1 aromatic carbocycles. The molecule has 2 aromatic rings. The average Bonchev–Trinajstić information content (AvgIpc) is 3.25. The lowest BCUT2D eigenvalue weighted by Gasteiger charge is -2.48. The van der Waals surface area contributed by atoms with Crippen molar-refractivity contribution in [1.82, 2.24) is 19.7 Å². The fraction of sp³-hybridized carbons (Fsp3) is 0.629. The minimum absolute atomic E-state index is 0.0620. The number of carbonyl (C=O) groups excluding carboxylic acids is 2. The van der Waals surface area contributed by atoms with E-state index in [1.807, 2.05) is 33.8 Å². The number of piperazine rings is 1. The summed E-state index contributed by atoms with van der Waals surface area (Å²) in [5, 5.41) is 11.1. The number of morpholine rings is 1. The zero-order chi connectivity index (χ0) is 33.6. The van der Waals surface area contributed by atoms with E-state index in [9.17, 15) is 19.1 Å². The van der Waals surface area contributed by atoms with E-state index in [4.69, 9.17) is 14.5 Å². The lowest BCUT2D eigenvalue weighted by atomic mass is 9.90. The molecule has 0 unspecified atom stereocenters. The minimum Gasteiger partial charge on any atom is -0.444 e. The summed E-state index contributed by atoms with van der Waals surface area (Å²) in [6, 6.07) is 7.73. The maximum Gasteiger partial charge on any atom is 0.410 e. The van der Waals surface area contributed by atoms with E-state index in [-0.39, 0.29) is 53.9 Å². The van der Waals surface area contributed by atoms with Crippen molar-refractivity contribution in [2.24, 2.45) is 0 Å². The number of nitrogens with zero attached hydrogens (tertiary/aromatic N) is 5. The summed E-state index contributed by atoms with van der Waals surface area (Å²) in [5.41, 5.74) is 1.57. The van der Waals surface area contributed by atoms with Gasteiger partial charge in [0.25, 0.3) is 0 Å².